The molecule has 4 heterocycles. The highest BCUT2D eigenvalue weighted by Crippen LogP contribution is 2.78. The average molecular weight is 724 g/mol. The lowest BCUT2D eigenvalue weighted by Crippen LogP contribution is -2.76. The third-order valence-corrected chi connectivity index (χ3v) is 16.8. The van der Waals surface area contributed by atoms with Crippen molar-refractivity contribution in [3.8, 4) is 0 Å². The summed E-state index contributed by atoms with van der Waals surface area (Å²) in [6.45, 7) is 20.2. The lowest BCUT2D eigenvalue weighted by atomic mass is 9.40. The summed E-state index contributed by atoms with van der Waals surface area (Å²) in [6, 6.07) is 12.2. The summed E-state index contributed by atoms with van der Waals surface area (Å²) in [7, 11) is 0. The van der Waals surface area contributed by atoms with Crippen LogP contribution in [0.15, 0.2) is 60.7 Å². The molecule has 3 N–H and O–H groups in total. The summed E-state index contributed by atoms with van der Waals surface area (Å²) in [4.78, 5) is 3.93. The van der Waals surface area contributed by atoms with E-state index in [1.165, 1.54) is 0 Å². The Morgan fingerprint density at radius 2 is 1.85 bits per heavy atom. The van der Waals surface area contributed by atoms with E-state index < -0.39 is 39.3 Å². The summed E-state index contributed by atoms with van der Waals surface area (Å²) in [5.41, 5.74) is 3.31. The van der Waals surface area contributed by atoms with Gasteiger partial charge in [0.25, 0.3) is 0 Å². The van der Waals surface area contributed by atoms with Crippen LogP contribution in [-0.4, -0.2) is 56.4 Å². The van der Waals surface area contributed by atoms with Gasteiger partial charge in [-0.15, -0.1) is 0 Å². The van der Waals surface area contributed by atoms with Crippen molar-refractivity contribution in [1.82, 2.24) is 4.98 Å². The van der Waals surface area contributed by atoms with E-state index in [2.05, 4.69) is 64.0 Å². The number of aliphatic hydroxyl groups is 2. The number of aromatic nitrogens is 1. The quantitative estimate of drug-likeness (QED) is 0.187. The zero-order valence-electron chi connectivity index (χ0n) is 30.9. The predicted octanol–water partition coefficient (Wildman–Crippen LogP) is 7.89. The summed E-state index contributed by atoms with van der Waals surface area (Å²) < 4.78 is 28.0. The molecule has 0 unspecified atom stereocenters. The number of hydrogen-bond acceptors (Lipinski definition) is 6. The lowest BCUT2D eigenvalue weighted by molar-refractivity contribution is -0.283. The van der Waals surface area contributed by atoms with E-state index in [1.54, 1.807) is 0 Å². The van der Waals surface area contributed by atoms with Crippen LogP contribution in [0.1, 0.15) is 101 Å². The second-order valence-corrected chi connectivity index (χ2v) is 19.2. The SMILES string of the molecule is C=C(C)[C@H]1O[C@H]2CC[C@@]3(C)[C@@](O)(CC[C@H]4[C@@H]5OC(C)(C)[C@@H]6C[C@@H]7C(=C)Cc8c(Cl)cc9[nH]c(c5c9c8[C@@]76O)[C@@]43C)[C@]23O[C@@H]3[C@H]1OCc1ccccc1. The number of rotatable bonds is 4. The van der Waals surface area contributed by atoms with Crippen molar-refractivity contribution in [3.63, 3.8) is 0 Å². The Morgan fingerprint density at radius 1 is 1.08 bits per heavy atom. The standard InChI is InChI=1S/C44H50ClNO6/c1-21(2)34-36(49-20-23-11-9-8-10-12-23)38-44(52-38)30(50-34)14-15-40(6)41(7)25(13-16-42(40,44)47)35-32-31-28(46-37(32)41)19-27(45)24-17-22(3)26-18-29(39(4,5)51-35)43(26,48)33(24)31/h8-12,19,25-26,29-30,34-36,38,46-48H,1,3,13-18,20H2,2,4-7H3/t25-,26+,29-,30-,34+,35-,36-,38+,40+,41+,42-,43+,44-/m0/s1. The highest BCUT2D eigenvalue weighted by molar-refractivity contribution is 6.32. The molecular weight excluding hydrogens is 674 g/mol. The van der Waals surface area contributed by atoms with Gasteiger partial charge in [0.1, 0.15) is 29.5 Å². The Labute approximate surface area is 310 Å². The Kier molecular flexibility index (Phi) is 6.22. The van der Waals surface area contributed by atoms with E-state index in [1.807, 2.05) is 25.1 Å². The first kappa shape index (κ1) is 32.9. The number of nitrogens with one attached hydrogen (secondary N) is 1. The first-order valence-corrected chi connectivity index (χ1v) is 19.8. The van der Waals surface area contributed by atoms with Crippen LogP contribution in [0.4, 0.5) is 0 Å². The maximum atomic E-state index is 13.7. The van der Waals surface area contributed by atoms with E-state index in [0.717, 1.165) is 75.7 Å². The number of epoxide rings is 1. The van der Waals surface area contributed by atoms with Crippen molar-refractivity contribution >= 4 is 22.5 Å². The Hall–Kier alpha value is -2.49. The molecule has 7 nitrogen and oxygen atoms in total. The number of hydrogen-bond donors (Lipinski definition) is 3. The van der Waals surface area contributed by atoms with Crippen molar-refractivity contribution in [1.29, 1.82) is 0 Å². The zero-order chi connectivity index (χ0) is 36.1. The van der Waals surface area contributed by atoms with Gasteiger partial charge in [0.15, 0.2) is 5.60 Å². The van der Waals surface area contributed by atoms with Crippen molar-refractivity contribution in [2.75, 3.05) is 0 Å². The molecule has 2 aromatic carbocycles. The van der Waals surface area contributed by atoms with Gasteiger partial charge in [-0.2, -0.15) is 0 Å². The number of fused-ring (bicyclic) bond motifs is 5. The average Bonchev–Trinajstić information content (AvgIpc) is 3.68. The molecule has 0 radical (unpaired) electrons. The summed E-state index contributed by atoms with van der Waals surface area (Å²) >= 11 is 7.13. The van der Waals surface area contributed by atoms with Gasteiger partial charge < -0.3 is 34.1 Å². The smallest absolute Gasteiger partial charge is 0.153 e. The largest absolute Gasteiger partial charge is 0.386 e. The topological polar surface area (TPSA) is 96.5 Å². The maximum absolute atomic E-state index is 13.7. The molecule has 5 aliphatic carbocycles. The van der Waals surface area contributed by atoms with Crippen LogP contribution in [0.5, 0.6) is 0 Å². The Bertz CT molecular complexity index is 2130. The van der Waals surface area contributed by atoms with Crippen LogP contribution in [-0.2, 0) is 43.0 Å². The summed E-state index contributed by atoms with van der Waals surface area (Å²) in [6.07, 6.45) is 2.87. The fourth-order valence-corrected chi connectivity index (χ4v) is 14.1. The molecule has 0 amide bonds. The first-order chi connectivity index (χ1) is 24.6. The highest BCUT2D eigenvalue weighted by atomic mass is 35.5. The normalized spacial score (nSPS) is 47.0. The first-order valence-electron chi connectivity index (χ1n) is 19.5. The van der Waals surface area contributed by atoms with Gasteiger partial charge in [-0.1, -0.05) is 74.5 Å². The van der Waals surface area contributed by atoms with Gasteiger partial charge in [-0.3, -0.25) is 0 Å². The number of benzene rings is 2. The van der Waals surface area contributed by atoms with E-state index >= 15 is 0 Å². The molecule has 5 fully saturated rings. The third-order valence-electron chi connectivity index (χ3n) is 16.5. The molecular formula is C44H50ClNO6. The molecule has 3 aliphatic heterocycles. The van der Waals surface area contributed by atoms with Crippen LogP contribution >= 0.6 is 11.6 Å². The number of aromatic amines is 1. The van der Waals surface area contributed by atoms with Gasteiger partial charge in [-0.25, -0.2) is 0 Å². The molecule has 11 rings (SSSR count). The van der Waals surface area contributed by atoms with Crippen LogP contribution in [0.3, 0.4) is 0 Å². The van der Waals surface area contributed by atoms with Gasteiger partial charge in [0.2, 0.25) is 0 Å². The minimum atomic E-state index is -1.20. The van der Waals surface area contributed by atoms with Gasteiger partial charge >= 0.3 is 0 Å². The van der Waals surface area contributed by atoms with Crippen molar-refractivity contribution in [2.45, 2.75) is 138 Å². The van der Waals surface area contributed by atoms with Crippen molar-refractivity contribution < 1.29 is 29.2 Å². The number of halogens is 1. The minimum Gasteiger partial charge on any atom is -0.386 e. The van der Waals surface area contributed by atoms with Gasteiger partial charge in [0.05, 0.1) is 24.4 Å². The Morgan fingerprint density at radius 3 is 2.60 bits per heavy atom. The van der Waals surface area contributed by atoms with E-state index in [-0.39, 0.29) is 42.2 Å². The van der Waals surface area contributed by atoms with E-state index in [9.17, 15) is 10.2 Å². The maximum Gasteiger partial charge on any atom is 0.153 e. The fraction of sp³-hybridized carbons (Fsp3) is 0.591. The van der Waals surface area contributed by atoms with Crippen LogP contribution in [0.2, 0.25) is 5.02 Å². The summed E-state index contributed by atoms with van der Waals surface area (Å²) in [5.74, 6) is -0.0128. The molecule has 1 spiro atoms. The molecule has 3 saturated carbocycles. The van der Waals surface area contributed by atoms with Gasteiger partial charge in [0, 0.05) is 55.8 Å². The van der Waals surface area contributed by atoms with Crippen molar-refractivity contribution in [3.05, 3.63) is 93.7 Å². The van der Waals surface area contributed by atoms with Crippen LogP contribution in [0.25, 0.3) is 10.9 Å². The minimum absolute atomic E-state index is 0.0248. The second-order valence-electron chi connectivity index (χ2n) is 18.8. The molecule has 52 heavy (non-hydrogen) atoms. The molecule has 1 aromatic heterocycles. The molecule has 2 saturated heterocycles. The molecule has 0 bridgehead atoms. The van der Waals surface area contributed by atoms with Crippen molar-refractivity contribution in [2.24, 2.45) is 23.2 Å². The number of H-pyrrole nitrogens is 1. The number of ether oxygens (including phenoxy) is 4. The van der Waals surface area contributed by atoms with Crippen LogP contribution < -0.4 is 0 Å². The molecule has 8 heteroatoms. The second kappa shape index (κ2) is 9.84. The van der Waals surface area contributed by atoms with E-state index in [4.69, 9.17) is 30.5 Å². The lowest BCUT2D eigenvalue weighted by Gasteiger charge is -2.67. The third kappa shape index (κ3) is 3.41. The predicted molar refractivity (Wildman–Crippen MR) is 198 cm³/mol. The van der Waals surface area contributed by atoms with Crippen LogP contribution in [0, 0.1) is 23.2 Å². The molecule has 274 valence electrons. The highest BCUT2D eigenvalue weighted by Gasteiger charge is 2.87. The molecule has 8 aliphatic rings. The zero-order valence-corrected chi connectivity index (χ0v) is 31.6. The Balaban J connectivity index is 1.07. The van der Waals surface area contributed by atoms with Gasteiger partial charge in [-0.05, 0) is 87.6 Å². The molecule has 3 aromatic rings. The van der Waals surface area contributed by atoms with E-state index in [0.29, 0.717) is 24.5 Å². The molecule has 13 atom stereocenters. The summed E-state index contributed by atoms with van der Waals surface area (Å²) in [5, 5.41) is 28.3. The monoisotopic (exact) mass is 723 g/mol. The fourth-order valence-electron chi connectivity index (χ4n) is 13.8.